The van der Waals surface area contributed by atoms with Crippen molar-refractivity contribution in [3.63, 3.8) is 0 Å². The Morgan fingerprint density at radius 1 is 0.958 bits per heavy atom. The second-order valence-corrected chi connectivity index (χ2v) is 6.45. The van der Waals surface area contributed by atoms with E-state index >= 15 is 0 Å². The van der Waals surface area contributed by atoms with Gasteiger partial charge in [-0.3, -0.25) is 0 Å². The lowest BCUT2D eigenvalue weighted by atomic mass is 10.1. The van der Waals surface area contributed by atoms with Crippen molar-refractivity contribution < 1.29 is 13.9 Å². The van der Waals surface area contributed by atoms with Gasteiger partial charge in [0.2, 0.25) is 11.8 Å². The van der Waals surface area contributed by atoms with Gasteiger partial charge in [-0.2, -0.15) is 4.98 Å². The SMILES string of the molecule is CCCCOc1ccc(-c2ccc(Br)cc2F)c(OCCCC)n1. The highest BCUT2D eigenvalue weighted by Crippen LogP contribution is 2.33. The van der Waals surface area contributed by atoms with E-state index in [1.807, 2.05) is 6.07 Å². The topological polar surface area (TPSA) is 31.4 Å². The first-order chi connectivity index (χ1) is 11.7. The van der Waals surface area contributed by atoms with Crippen LogP contribution < -0.4 is 9.47 Å². The second-order valence-electron chi connectivity index (χ2n) is 5.53. The van der Waals surface area contributed by atoms with Crippen LogP contribution in [-0.2, 0) is 0 Å². The molecule has 1 aromatic heterocycles. The zero-order chi connectivity index (χ0) is 17.4. The van der Waals surface area contributed by atoms with Crippen LogP contribution in [0, 0.1) is 5.82 Å². The van der Waals surface area contributed by atoms with E-state index < -0.39 is 0 Å². The number of pyridine rings is 1. The Morgan fingerprint density at radius 2 is 1.62 bits per heavy atom. The predicted molar refractivity (Wildman–Crippen MR) is 98.1 cm³/mol. The van der Waals surface area contributed by atoms with Gasteiger partial charge in [0.05, 0.1) is 13.2 Å². The fraction of sp³-hybridized carbons (Fsp3) is 0.421. The van der Waals surface area contributed by atoms with Crippen molar-refractivity contribution in [3.05, 3.63) is 40.6 Å². The fourth-order valence-corrected chi connectivity index (χ4v) is 2.49. The molecule has 5 heteroatoms. The summed E-state index contributed by atoms with van der Waals surface area (Å²) in [6, 6.07) is 8.54. The standard InChI is InChI=1S/C19H23BrFNO2/c1-3-5-11-23-18-10-9-16(19(22-18)24-12-6-4-2)15-8-7-14(20)13-17(15)21/h7-10,13H,3-6,11-12H2,1-2H3. The van der Waals surface area contributed by atoms with E-state index in [4.69, 9.17) is 9.47 Å². The predicted octanol–water partition coefficient (Wildman–Crippen LogP) is 6.01. The highest BCUT2D eigenvalue weighted by molar-refractivity contribution is 9.10. The molecule has 0 amide bonds. The van der Waals surface area contributed by atoms with Crippen molar-refractivity contribution in [3.8, 4) is 22.9 Å². The number of hydrogen-bond acceptors (Lipinski definition) is 3. The van der Waals surface area contributed by atoms with E-state index in [9.17, 15) is 4.39 Å². The minimum atomic E-state index is -0.314. The van der Waals surface area contributed by atoms with E-state index in [0.717, 1.165) is 25.7 Å². The molecule has 0 unspecified atom stereocenters. The van der Waals surface area contributed by atoms with E-state index in [2.05, 4.69) is 34.8 Å². The molecule has 1 aromatic carbocycles. The maximum absolute atomic E-state index is 14.3. The Morgan fingerprint density at radius 3 is 2.29 bits per heavy atom. The summed E-state index contributed by atoms with van der Waals surface area (Å²) in [4.78, 5) is 4.43. The first-order valence-electron chi connectivity index (χ1n) is 8.37. The molecule has 2 rings (SSSR count). The summed E-state index contributed by atoms with van der Waals surface area (Å²) in [6.45, 7) is 5.36. The molecule has 0 radical (unpaired) electrons. The summed E-state index contributed by atoms with van der Waals surface area (Å²) in [7, 11) is 0. The third kappa shape index (κ3) is 5.20. The first kappa shape index (κ1) is 18.7. The van der Waals surface area contributed by atoms with Crippen LogP contribution in [0.3, 0.4) is 0 Å². The molecular weight excluding hydrogens is 373 g/mol. The molecule has 0 fully saturated rings. The van der Waals surface area contributed by atoms with Gasteiger partial charge in [-0.25, -0.2) is 4.39 Å². The van der Waals surface area contributed by atoms with Crippen molar-refractivity contribution in [1.29, 1.82) is 0 Å². The normalized spacial score (nSPS) is 10.7. The average molecular weight is 396 g/mol. The van der Waals surface area contributed by atoms with Crippen molar-refractivity contribution in [2.45, 2.75) is 39.5 Å². The molecule has 0 N–H and O–H groups in total. The molecule has 130 valence electrons. The van der Waals surface area contributed by atoms with Gasteiger partial charge in [0.1, 0.15) is 5.82 Å². The van der Waals surface area contributed by atoms with Crippen LogP contribution >= 0.6 is 15.9 Å². The molecule has 1 heterocycles. The van der Waals surface area contributed by atoms with Crippen molar-refractivity contribution in [2.75, 3.05) is 13.2 Å². The van der Waals surface area contributed by atoms with E-state index in [0.29, 0.717) is 40.6 Å². The maximum atomic E-state index is 14.3. The zero-order valence-corrected chi connectivity index (χ0v) is 15.7. The second kappa shape index (κ2) is 9.62. The summed E-state index contributed by atoms with van der Waals surface area (Å²) in [5.41, 5.74) is 1.11. The summed E-state index contributed by atoms with van der Waals surface area (Å²) < 4.78 is 26.4. The number of ether oxygens (including phenoxy) is 2. The number of unbranched alkanes of at least 4 members (excludes halogenated alkanes) is 2. The molecule has 0 saturated heterocycles. The molecule has 2 aromatic rings. The quantitative estimate of drug-likeness (QED) is 0.487. The average Bonchev–Trinajstić information content (AvgIpc) is 2.56. The van der Waals surface area contributed by atoms with Crippen molar-refractivity contribution >= 4 is 15.9 Å². The molecule has 0 bridgehead atoms. The number of halogens is 2. The maximum Gasteiger partial charge on any atom is 0.224 e. The zero-order valence-electron chi connectivity index (χ0n) is 14.1. The third-order valence-electron chi connectivity index (χ3n) is 3.54. The largest absolute Gasteiger partial charge is 0.478 e. The van der Waals surface area contributed by atoms with E-state index in [-0.39, 0.29) is 5.82 Å². The van der Waals surface area contributed by atoms with Crippen LogP contribution in [0.15, 0.2) is 34.8 Å². The lowest BCUT2D eigenvalue weighted by molar-refractivity contribution is 0.274. The molecule has 0 saturated carbocycles. The molecule has 0 atom stereocenters. The Kier molecular flexibility index (Phi) is 7.50. The monoisotopic (exact) mass is 395 g/mol. The Balaban J connectivity index is 2.30. The van der Waals surface area contributed by atoms with Crippen LogP contribution in [0.4, 0.5) is 4.39 Å². The number of nitrogens with zero attached hydrogens (tertiary/aromatic N) is 1. The fourth-order valence-electron chi connectivity index (χ4n) is 2.16. The summed E-state index contributed by atoms with van der Waals surface area (Å²) in [6.07, 6.45) is 3.97. The van der Waals surface area contributed by atoms with Gasteiger partial charge in [-0.1, -0.05) is 48.7 Å². The number of rotatable bonds is 9. The van der Waals surface area contributed by atoms with Crippen LogP contribution in [0.1, 0.15) is 39.5 Å². The minimum Gasteiger partial charge on any atom is -0.478 e. The van der Waals surface area contributed by atoms with Gasteiger partial charge in [0.25, 0.3) is 0 Å². The van der Waals surface area contributed by atoms with Gasteiger partial charge in [-0.05, 0) is 31.0 Å². The van der Waals surface area contributed by atoms with Crippen molar-refractivity contribution in [2.24, 2.45) is 0 Å². The molecule has 0 aliphatic carbocycles. The van der Waals surface area contributed by atoms with E-state index in [1.54, 1.807) is 18.2 Å². The lowest BCUT2D eigenvalue weighted by Crippen LogP contribution is -2.04. The molecule has 0 spiro atoms. The van der Waals surface area contributed by atoms with Crippen LogP contribution in [0.5, 0.6) is 11.8 Å². The summed E-state index contributed by atoms with van der Waals surface area (Å²) in [5, 5.41) is 0. The van der Waals surface area contributed by atoms with E-state index in [1.165, 1.54) is 6.07 Å². The Bertz CT molecular complexity index is 664. The van der Waals surface area contributed by atoms with Crippen LogP contribution in [-0.4, -0.2) is 18.2 Å². The molecular formula is C19H23BrFNO2. The molecule has 24 heavy (non-hydrogen) atoms. The Hall–Kier alpha value is -1.62. The van der Waals surface area contributed by atoms with Gasteiger partial charge in [0, 0.05) is 21.7 Å². The smallest absolute Gasteiger partial charge is 0.224 e. The van der Waals surface area contributed by atoms with Gasteiger partial charge < -0.3 is 9.47 Å². The number of aromatic nitrogens is 1. The summed E-state index contributed by atoms with van der Waals surface area (Å²) >= 11 is 3.28. The van der Waals surface area contributed by atoms with Gasteiger partial charge in [-0.15, -0.1) is 0 Å². The number of benzene rings is 1. The molecule has 3 nitrogen and oxygen atoms in total. The van der Waals surface area contributed by atoms with Crippen LogP contribution in [0.25, 0.3) is 11.1 Å². The van der Waals surface area contributed by atoms with Crippen molar-refractivity contribution in [1.82, 2.24) is 4.98 Å². The van der Waals surface area contributed by atoms with Gasteiger partial charge in [0.15, 0.2) is 0 Å². The third-order valence-corrected chi connectivity index (χ3v) is 4.03. The first-order valence-corrected chi connectivity index (χ1v) is 9.17. The van der Waals surface area contributed by atoms with Gasteiger partial charge >= 0.3 is 0 Å². The lowest BCUT2D eigenvalue weighted by Gasteiger charge is -2.13. The highest BCUT2D eigenvalue weighted by atomic mass is 79.9. The molecule has 0 aliphatic heterocycles. The summed E-state index contributed by atoms with van der Waals surface area (Å²) in [5.74, 6) is 0.612. The van der Waals surface area contributed by atoms with Crippen LogP contribution in [0.2, 0.25) is 0 Å². The highest BCUT2D eigenvalue weighted by Gasteiger charge is 2.14. The number of hydrogen-bond donors (Lipinski definition) is 0. The Labute approximate surface area is 151 Å². The minimum absolute atomic E-state index is 0.314. The molecule has 0 aliphatic rings.